The predicted octanol–water partition coefficient (Wildman–Crippen LogP) is 1.35. The molecular formula is C11H16O3. The van der Waals surface area contributed by atoms with Gasteiger partial charge in [-0.05, 0) is 12.0 Å². The molecule has 0 bridgehead atoms. The van der Waals surface area contributed by atoms with Crippen LogP contribution in [0.15, 0.2) is 23.8 Å². The van der Waals surface area contributed by atoms with Crippen molar-refractivity contribution >= 4 is 6.29 Å². The summed E-state index contributed by atoms with van der Waals surface area (Å²) in [7, 11) is 3.26. The van der Waals surface area contributed by atoms with Gasteiger partial charge < -0.3 is 14.3 Å². The molecule has 0 saturated heterocycles. The first-order valence-electron chi connectivity index (χ1n) is 4.59. The number of methoxy groups -OCH3 is 2. The Morgan fingerprint density at radius 1 is 1.50 bits per heavy atom. The minimum Gasteiger partial charge on any atom is -0.383 e. The van der Waals surface area contributed by atoms with Gasteiger partial charge in [0, 0.05) is 14.2 Å². The Morgan fingerprint density at radius 3 is 2.71 bits per heavy atom. The predicted molar refractivity (Wildman–Crippen MR) is 54.1 cm³/mol. The Labute approximate surface area is 84.4 Å². The molecule has 3 heteroatoms. The highest BCUT2D eigenvalue weighted by Gasteiger charge is 2.27. The third kappa shape index (κ3) is 2.53. The van der Waals surface area contributed by atoms with Crippen LogP contribution in [0.5, 0.6) is 0 Å². The lowest BCUT2D eigenvalue weighted by Gasteiger charge is -2.25. The molecule has 0 aromatic carbocycles. The van der Waals surface area contributed by atoms with Gasteiger partial charge in [-0.1, -0.05) is 18.2 Å². The SMILES string of the molecule is COCC1=CCC(C=O)(COC)C=C1. The molecule has 0 fully saturated rings. The minimum absolute atomic E-state index is 0.434. The van der Waals surface area contributed by atoms with E-state index in [9.17, 15) is 4.79 Å². The van der Waals surface area contributed by atoms with Crippen molar-refractivity contribution in [2.45, 2.75) is 6.42 Å². The van der Waals surface area contributed by atoms with Gasteiger partial charge in [-0.3, -0.25) is 0 Å². The van der Waals surface area contributed by atoms with E-state index in [0.29, 0.717) is 19.6 Å². The molecule has 0 spiro atoms. The summed E-state index contributed by atoms with van der Waals surface area (Å²) >= 11 is 0. The molecule has 0 amide bonds. The molecule has 1 aliphatic rings. The molecule has 0 heterocycles. The second-order valence-corrected chi connectivity index (χ2v) is 3.53. The molecule has 1 rings (SSSR count). The first-order valence-corrected chi connectivity index (χ1v) is 4.59. The van der Waals surface area contributed by atoms with Gasteiger partial charge in [0.15, 0.2) is 0 Å². The van der Waals surface area contributed by atoms with Crippen molar-refractivity contribution in [2.75, 3.05) is 27.4 Å². The van der Waals surface area contributed by atoms with E-state index in [2.05, 4.69) is 0 Å². The number of hydrogen-bond donors (Lipinski definition) is 0. The maximum atomic E-state index is 10.9. The minimum atomic E-state index is -0.466. The number of hydrogen-bond acceptors (Lipinski definition) is 3. The summed E-state index contributed by atoms with van der Waals surface area (Å²) in [6.07, 6.45) is 7.50. The Morgan fingerprint density at radius 2 is 2.29 bits per heavy atom. The highest BCUT2D eigenvalue weighted by atomic mass is 16.5. The van der Waals surface area contributed by atoms with Gasteiger partial charge >= 0.3 is 0 Å². The van der Waals surface area contributed by atoms with Gasteiger partial charge in [0.05, 0.1) is 18.6 Å². The second kappa shape index (κ2) is 5.08. The topological polar surface area (TPSA) is 35.5 Å². The van der Waals surface area contributed by atoms with E-state index in [1.54, 1.807) is 14.2 Å². The van der Waals surface area contributed by atoms with Crippen molar-refractivity contribution in [3.63, 3.8) is 0 Å². The highest BCUT2D eigenvalue weighted by molar-refractivity contribution is 5.64. The van der Waals surface area contributed by atoms with Gasteiger partial charge in [0.1, 0.15) is 6.29 Å². The van der Waals surface area contributed by atoms with E-state index in [0.717, 1.165) is 11.9 Å². The van der Waals surface area contributed by atoms with Gasteiger partial charge in [0.2, 0.25) is 0 Å². The van der Waals surface area contributed by atoms with Crippen LogP contribution in [0.4, 0.5) is 0 Å². The normalized spacial score (nSPS) is 26.0. The van der Waals surface area contributed by atoms with Crippen LogP contribution in [0.1, 0.15) is 6.42 Å². The van der Waals surface area contributed by atoms with Gasteiger partial charge in [-0.2, -0.15) is 0 Å². The van der Waals surface area contributed by atoms with Crippen LogP contribution in [-0.4, -0.2) is 33.7 Å². The molecule has 1 unspecified atom stereocenters. The van der Waals surface area contributed by atoms with Crippen LogP contribution >= 0.6 is 0 Å². The molecule has 1 aliphatic carbocycles. The Hall–Kier alpha value is -0.930. The van der Waals surface area contributed by atoms with E-state index in [-0.39, 0.29) is 0 Å². The number of rotatable bonds is 5. The number of allylic oxidation sites excluding steroid dienone is 1. The number of aldehydes is 1. The Bertz CT molecular complexity index is 255. The molecule has 0 radical (unpaired) electrons. The molecule has 3 nitrogen and oxygen atoms in total. The largest absolute Gasteiger partial charge is 0.383 e. The second-order valence-electron chi connectivity index (χ2n) is 3.53. The summed E-state index contributed by atoms with van der Waals surface area (Å²) in [6.45, 7) is 1.03. The lowest BCUT2D eigenvalue weighted by molar-refractivity contribution is -0.116. The van der Waals surface area contributed by atoms with Crippen molar-refractivity contribution in [1.82, 2.24) is 0 Å². The molecule has 0 N–H and O–H groups in total. The van der Waals surface area contributed by atoms with E-state index in [1.807, 2.05) is 18.2 Å². The van der Waals surface area contributed by atoms with Crippen molar-refractivity contribution < 1.29 is 14.3 Å². The average molecular weight is 196 g/mol. The molecule has 0 aromatic heterocycles. The van der Waals surface area contributed by atoms with Crippen LogP contribution in [0.3, 0.4) is 0 Å². The van der Waals surface area contributed by atoms with Crippen LogP contribution in [0.25, 0.3) is 0 Å². The fourth-order valence-electron chi connectivity index (χ4n) is 1.50. The summed E-state index contributed by atoms with van der Waals surface area (Å²) in [6, 6.07) is 0. The lowest BCUT2D eigenvalue weighted by atomic mass is 9.82. The number of carbonyl (C=O) groups is 1. The van der Waals surface area contributed by atoms with Crippen LogP contribution in [0.2, 0.25) is 0 Å². The zero-order chi connectivity index (χ0) is 10.4. The molecule has 0 aliphatic heterocycles. The summed E-state index contributed by atoms with van der Waals surface area (Å²) < 4.78 is 10.0. The van der Waals surface area contributed by atoms with E-state index < -0.39 is 5.41 Å². The fourth-order valence-corrected chi connectivity index (χ4v) is 1.50. The molecule has 0 aromatic rings. The lowest BCUT2D eigenvalue weighted by Crippen LogP contribution is -2.27. The third-order valence-electron chi connectivity index (χ3n) is 2.33. The van der Waals surface area contributed by atoms with E-state index >= 15 is 0 Å². The monoisotopic (exact) mass is 196 g/mol. The molecule has 14 heavy (non-hydrogen) atoms. The van der Waals surface area contributed by atoms with Crippen molar-refractivity contribution in [1.29, 1.82) is 0 Å². The summed E-state index contributed by atoms with van der Waals surface area (Å²) in [5.41, 5.74) is 0.646. The van der Waals surface area contributed by atoms with Crippen LogP contribution in [0, 0.1) is 5.41 Å². The molecule has 78 valence electrons. The molecular weight excluding hydrogens is 180 g/mol. The fraction of sp³-hybridized carbons (Fsp3) is 0.545. The maximum Gasteiger partial charge on any atom is 0.132 e. The maximum absolute atomic E-state index is 10.9. The average Bonchev–Trinajstić information content (AvgIpc) is 2.22. The van der Waals surface area contributed by atoms with Gasteiger partial charge in [0.25, 0.3) is 0 Å². The zero-order valence-electron chi connectivity index (χ0n) is 8.66. The zero-order valence-corrected chi connectivity index (χ0v) is 8.66. The molecule has 0 saturated carbocycles. The first kappa shape index (κ1) is 11.1. The van der Waals surface area contributed by atoms with Crippen molar-refractivity contribution in [3.05, 3.63) is 23.8 Å². The summed E-state index contributed by atoms with van der Waals surface area (Å²) in [5, 5.41) is 0. The number of carbonyl (C=O) groups excluding carboxylic acids is 1. The Kier molecular flexibility index (Phi) is 4.04. The van der Waals surface area contributed by atoms with Gasteiger partial charge in [-0.25, -0.2) is 0 Å². The van der Waals surface area contributed by atoms with E-state index in [4.69, 9.17) is 9.47 Å². The first-order chi connectivity index (χ1) is 6.76. The standard InChI is InChI=1S/C11H16O3/c1-13-7-10-3-5-11(8-12,6-4-10)9-14-2/h3-5,8H,6-7,9H2,1-2H3. The quantitative estimate of drug-likeness (QED) is 0.623. The smallest absolute Gasteiger partial charge is 0.132 e. The number of ether oxygens (including phenoxy) is 2. The summed E-state index contributed by atoms with van der Waals surface area (Å²) in [5.74, 6) is 0. The van der Waals surface area contributed by atoms with E-state index in [1.165, 1.54) is 0 Å². The van der Waals surface area contributed by atoms with Crippen LogP contribution < -0.4 is 0 Å². The summed E-state index contributed by atoms with van der Waals surface area (Å²) in [4.78, 5) is 10.9. The van der Waals surface area contributed by atoms with Crippen molar-refractivity contribution in [3.8, 4) is 0 Å². The molecule has 1 atom stereocenters. The van der Waals surface area contributed by atoms with Gasteiger partial charge in [-0.15, -0.1) is 0 Å². The highest BCUT2D eigenvalue weighted by Crippen LogP contribution is 2.27. The Balaban J connectivity index is 2.64. The van der Waals surface area contributed by atoms with Crippen LogP contribution in [-0.2, 0) is 14.3 Å². The van der Waals surface area contributed by atoms with Crippen molar-refractivity contribution in [2.24, 2.45) is 5.41 Å². The third-order valence-corrected chi connectivity index (χ3v) is 2.33.